The molecule has 0 fully saturated rings. The van der Waals surface area contributed by atoms with Gasteiger partial charge < -0.3 is 4.74 Å². The molecule has 0 saturated heterocycles. The van der Waals surface area contributed by atoms with Crippen LogP contribution >= 0.6 is 11.6 Å². The van der Waals surface area contributed by atoms with Crippen LogP contribution in [0.25, 0.3) is 0 Å². The van der Waals surface area contributed by atoms with Gasteiger partial charge in [-0.3, -0.25) is 0 Å². The summed E-state index contributed by atoms with van der Waals surface area (Å²) in [4.78, 5) is 11.6. The molecule has 0 aromatic carbocycles. The molecule has 0 radical (unpaired) electrons. The molecular weight excluding hydrogens is 346 g/mol. The lowest BCUT2D eigenvalue weighted by atomic mass is 10.0. The predicted octanol–water partition coefficient (Wildman–Crippen LogP) is 7.17. The van der Waals surface area contributed by atoms with Crippen molar-refractivity contribution in [2.45, 2.75) is 110 Å². The van der Waals surface area contributed by atoms with Gasteiger partial charge in [0.1, 0.15) is 6.33 Å². The van der Waals surface area contributed by atoms with Gasteiger partial charge in [0.2, 0.25) is 5.28 Å². The van der Waals surface area contributed by atoms with E-state index in [1.54, 1.807) is 0 Å². The molecule has 0 amide bonds. The van der Waals surface area contributed by atoms with Crippen LogP contribution in [0, 0.1) is 0 Å². The molecule has 5 heteroatoms. The van der Waals surface area contributed by atoms with Gasteiger partial charge in [-0.2, -0.15) is 9.97 Å². The summed E-state index contributed by atoms with van der Waals surface area (Å²) in [6, 6.07) is 0.325. The molecule has 26 heavy (non-hydrogen) atoms. The maximum Gasteiger partial charge on any atom is 0.320 e. The van der Waals surface area contributed by atoms with Gasteiger partial charge in [-0.25, -0.2) is 4.98 Å². The average molecular weight is 384 g/mol. The molecule has 0 aliphatic heterocycles. The zero-order valence-electron chi connectivity index (χ0n) is 16.7. The number of nitrogens with zero attached hydrogens (tertiary/aromatic N) is 3. The lowest BCUT2D eigenvalue weighted by Gasteiger charge is -2.04. The van der Waals surface area contributed by atoms with E-state index in [-0.39, 0.29) is 5.28 Å². The fourth-order valence-corrected chi connectivity index (χ4v) is 3.26. The first-order valence-corrected chi connectivity index (χ1v) is 11.2. The van der Waals surface area contributed by atoms with E-state index in [4.69, 9.17) is 16.3 Å². The monoisotopic (exact) mass is 383 g/mol. The van der Waals surface area contributed by atoms with Crippen molar-refractivity contribution in [3.63, 3.8) is 0 Å². The van der Waals surface area contributed by atoms with Gasteiger partial charge in [0.05, 0.1) is 6.61 Å². The minimum Gasteiger partial charge on any atom is -0.463 e. The summed E-state index contributed by atoms with van der Waals surface area (Å²) in [5.74, 6) is 0. The molecule has 0 atom stereocenters. The number of aromatic nitrogens is 3. The van der Waals surface area contributed by atoms with Crippen molar-refractivity contribution in [1.82, 2.24) is 15.0 Å². The van der Waals surface area contributed by atoms with Gasteiger partial charge in [0.25, 0.3) is 0 Å². The summed E-state index contributed by atoms with van der Waals surface area (Å²) < 4.78 is 5.46. The Morgan fingerprint density at radius 1 is 0.692 bits per heavy atom. The van der Waals surface area contributed by atoms with Crippen LogP contribution < -0.4 is 4.74 Å². The van der Waals surface area contributed by atoms with Gasteiger partial charge in [-0.05, 0) is 18.0 Å². The van der Waals surface area contributed by atoms with Crippen molar-refractivity contribution in [3.8, 4) is 6.01 Å². The third-order valence-corrected chi connectivity index (χ3v) is 4.93. The van der Waals surface area contributed by atoms with Crippen LogP contribution in [-0.2, 0) is 0 Å². The van der Waals surface area contributed by atoms with E-state index in [1.807, 2.05) is 0 Å². The highest BCUT2D eigenvalue weighted by atomic mass is 35.5. The Morgan fingerprint density at radius 3 is 1.62 bits per heavy atom. The van der Waals surface area contributed by atoms with E-state index in [9.17, 15) is 0 Å². The summed E-state index contributed by atoms with van der Waals surface area (Å²) in [7, 11) is 0. The third-order valence-electron chi connectivity index (χ3n) is 4.75. The van der Waals surface area contributed by atoms with E-state index in [1.165, 1.54) is 103 Å². The van der Waals surface area contributed by atoms with Crippen molar-refractivity contribution < 1.29 is 4.74 Å². The van der Waals surface area contributed by atoms with E-state index >= 15 is 0 Å². The minimum absolute atomic E-state index is 0.182. The van der Waals surface area contributed by atoms with Gasteiger partial charge in [-0.1, -0.05) is 103 Å². The summed E-state index contributed by atoms with van der Waals surface area (Å²) in [6.07, 6.45) is 23.3. The molecule has 1 aromatic rings. The maximum absolute atomic E-state index is 5.68. The Balaban J connectivity index is 1.73. The fraction of sp³-hybridized carbons (Fsp3) is 0.857. The first-order valence-electron chi connectivity index (χ1n) is 10.8. The predicted molar refractivity (Wildman–Crippen MR) is 110 cm³/mol. The molecule has 0 bridgehead atoms. The van der Waals surface area contributed by atoms with E-state index in [0.717, 1.165) is 6.42 Å². The molecule has 4 nitrogen and oxygen atoms in total. The second-order valence-electron chi connectivity index (χ2n) is 7.19. The van der Waals surface area contributed by atoms with Crippen molar-refractivity contribution in [2.75, 3.05) is 6.61 Å². The molecule has 0 aliphatic rings. The molecule has 150 valence electrons. The van der Waals surface area contributed by atoms with Crippen molar-refractivity contribution >= 4 is 11.6 Å². The topological polar surface area (TPSA) is 47.9 Å². The van der Waals surface area contributed by atoms with Crippen LogP contribution in [0.15, 0.2) is 6.33 Å². The molecule has 1 rings (SSSR count). The molecule has 1 aromatic heterocycles. The summed E-state index contributed by atoms with van der Waals surface area (Å²) in [6.45, 7) is 2.93. The Morgan fingerprint density at radius 2 is 1.15 bits per heavy atom. The summed E-state index contributed by atoms with van der Waals surface area (Å²) >= 11 is 5.68. The van der Waals surface area contributed by atoms with Crippen molar-refractivity contribution in [2.24, 2.45) is 0 Å². The number of halogens is 1. The largest absolute Gasteiger partial charge is 0.463 e. The van der Waals surface area contributed by atoms with Crippen LogP contribution in [0.5, 0.6) is 6.01 Å². The Hall–Kier alpha value is -0.900. The number of hydrogen-bond donors (Lipinski definition) is 0. The van der Waals surface area contributed by atoms with E-state index in [2.05, 4.69) is 21.9 Å². The molecule has 0 aliphatic carbocycles. The third kappa shape index (κ3) is 14.3. The van der Waals surface area contributed by atoms with Crippen LogP contribution in [0.2, 0.25) is 5.28 Å². The SMILES string of the molecule is CCCCCCCCCCCCCCCCCCOc1ncnc(Cl)n1. The number of unbranched alkanes of at least 4 members (excludes halogenated alkanes) is 15. The van der Waals surface area contributed by atoms with Crippen LogP contribution in [0.1, 0.15) is 110 Å². The Labute approximate surface area is 165 Å². The lowest BCUT2D eigenvalue weighted by molar-refractivity contribution is 0.280. The van der Waals surface area contributed by atoms with Gasteiger partial charge >= 0.3 is 6.01 Å². The Kier molecular flexibility index (Phi) is 15.6. The first kappa shape index (κ1) is 23.1. The van der Waals surface area contributed by atoms with Crippen LogP contribution in [0.4, 0.5) is 0 Å². The van der Waals surface area contributed by atoms with Crippen molar-refractivity contribution in [1.29, 1.82) is 0 Å². The second kappa shape index (κ2) is 17.5. The zero-order valence-corrected chi connectivity index (χ0v) is 17.5. The highest BCUT2D eigenvalue weighted by Gasteiger charge is 1.99. The fourth-order valence-electron chi connectivity index (χ4n) is 3.15. The normalized spacial score (nSPS) is 11.0. The molecule has 1 heterocycles. The zero-order chi connectivity index (χ0) is 18.7. The Bertz CT molecular complexity index is 431. The molecule has 0 N–H and O–H groups in total. The number of rotatable bonds is 18. The van der Waals surface area contributed by atoms with Gasteiger partial charge in [0.15, 0.2) is 0 Å². The minimum atomic E-state index is 0.182. The molecule has 0 spiro atoms. The van der Waals surface area contributed by atoms with Crippen LogP contribution in [-0.4, -0.2) is 21.6 Å². The number of hydrogen-bond acceptors (Lipinski definition) is 4. The second-order valence-corrected chi connectivity index (χ2v) is 7.53. The standard InChI is InChI=1S/C21H38ClN3O/c1-2-3-4-5-6-7-8-9-10-11-12-13-14-15-16-17-18-26-21-24-19-23-20(22)25-21/h19H,2-18H2,1H3. The first-order chi connectivity index (χ1) is 12.8. The molecule has 0 unspecified atom stereocenters. The highest BCUT2D eigenvalue weighted by molar-refractivity contribution is 6.28. The molecular formula is C21H38ClN3O. The maximum atomic E-state index is 5.68. The van der Waals surface area contributed by atoms with Gasteiger partial charge in [-0.15, -0.1) is 0 Å². The summed E-state index contributed by atoms with van der Waals surface area (Å²) in [5, 5.41) is 0.182. The smallest absolute Gasteiger partial charge is 0.320 e. The van der Waals surface area contributed by atoms with Gasteiger partial charge in [0, 0.05) is 0 Å². The highest BCUT2D eigenvalue weighted by Crippen LogP contribution is 2.14. The molecule has 0 saturated carbocycles. The quantitative estimate of drug-likeness (QED) is 0.252. The van der Waals surface area contributed by atoms with Crippen molar-refractivity contribution in [3.05, 3.63) is 11.6 Å². The summed E-state index contributed by atoms with van der Waals surface area (Å²) in [5.41, 5.74) is 0. The van der Waals surface area contributed by atoms with E-state index in [0.29, 0.717) is 12.6 Å². The number of ether oxygens (including phenoxy) is 1. The lowest BCUT2D eigenvalue weighted by Crippen LogP contribution is -2.01. The average Bonchev–Trinajstić information content (AvgIpc) is 2.64. The van der Waals surface area contributed by atoms with Crippen LogP contribution in [0.3, 0.4) is 0 Å². The van der Waals surface area contributed by atoms with E-state index < -0.39 is 0 Å².